The van der Waals surface area contributed by atoms with Gasteiger partial charge in [0.15, 0.2) is 0 Å². The van der Waals surface area contributed by atoms with Crippen LogP contribution in [0.2, 0.25) is 5.02 Å². The number of hydrogen-bond acceptors (Lipinski definition) is 10. The van der Waals surface area contributed by atoms with E-state index in [9.17, 15) is 13.2 Å². The number of nitrogens with one attached hydrogen (secondary N) is 2. The average Bonchev–Trinajstić information content (AvgIpc) is 3.73. The van der Waals surface area contributed by atoms with Gasteiger partial charge in [-0.05, 0) is 54.3 Å². The molecule has 2 heterocycles. The zero-order valence-corrected chi connectivity index (χ0v) is 29.2. The molecule has 3 aromatic carbocycles. The van der Waals surface area contributed by atoms with E-state index in [0.717, 1.165) is 31.2 Å². The Bertz CT molecular complexity index is 1990. The summed E-state index contributed by atoms with van der Waals surface area (Å²) < 4.78 is 45.3. The van der Waals surface area contributed by atoms with Crippen molar-refractivity contribution in [1.29, 1.82) is 0 Å². The van der Waals surface area contributed by atoms with Crippen molar-refractivity contribution in [2.75, 3.05) is 23.8 Å². The maximum Gasteiger partial charge on any atom is 0.348 e. The molecular weight excluding hydrogens is 662 g/mol. The lowest BCUT2D eigenvalue weighted by molar-refractivity contribution is 0.0952. The Hall–Kier alpha value is -4.40. The number of fused-ring (bicyclic) bond motifs is 1. The van der Waals surface area contributed by atoms with Gasteiger partial charge in [-0.25, -0.2) is 9.29 Å². The van der Waals surface area contributed by atoms with Crippen LogP contribution in [0.3, 0.4) is 0 Å². The van der Waals surface area contributed by atoms with Crippen molar-refractivity contribution < 1.29 is 22.7 Å². The molecule has 0 bridgehead atoms. The van der Waals surface area contributed by atoms with E-state index in [1.54, 1.807) is 42.5 Å². The van der Waals surface area contributed by atoms with Gasteiger partial charge in [-0.1, -0.05) is 44.5 Å². The highest BCUT2D eigenvalue weighted by molar-refractivity contribution is 7.91. The fourth-order valence-corrected chi connectivity index (χ4v) is 7.02. The number of ether oxygens (including phenoxy) is 2. The molecule has 2 N–H and O–H groups in total. The number of nitrogens with zero attached hydrogens (tertiary/aromatic N) is 5. The van der Waals surface area contributed by atoms with Crippen molar-refractivity contribution >= 4 is 61.0 Å². The highest BCUT2D eigenvalue weighted by Gasteiger charge is 2.31. The Labute approximate surface area is 283 Å². The van der Waals surface area contributed by atoms with Gasteiger partial charge in [-0.15, -0.1) is 4.09 Å². The fourth-order valence-electron chi connectivity index (χ4n) is 4.72. The third kappa shape index (κ3) is 7.29. The molecule has 1 unspecified atom stereocenters. The molecule has 1 amide bonds. The highest BCUT2D eigenvalue weighted by atomic mass is 35.5. The minimum absolute atomic E-state index is 0.00859. The Morgan fingerprint density at radius 1 is 1.09 bits per heavy atom. The molecule has 0 fully saturated rings. The molecule has 0 aliphatic rings. The predicted molar refractivity (Wildman–Crippen MR) is 185 cm³/mol. The molecule has 0 spiro atoms. The van der Waals surface area contributed by atoms with E-state index in [0.29, 0.717) is 27.5 Å². The SMILES string of the molecule is COc1ccc(CN(c2ncns2)S(=O)(=O)n2ncc3c(C(=O)NCc4ccc(Cl)cc4NC(C)C(C)(C)C)cccc32)c(OC)c1. The van der Waals surface area contributed by atoms with E-state index >= 15 is 0 Å². The molecule has 1 atom stereocenters. The minimum Gasteiger partial charge on any atom is -0.497 e. The second-order valence-corrected chi connectivity index (χ2v) is 14.7. The molecule has 0 saturated heterocycles. The third-order valence-electron chi connectivity index (χ3n) is 7.88. The van der Waals surface area contributed by atoms with E-state index in [4.69, 9.17) is 21.1 Å². The monoisotopic (exact) mass is 697 g/mol. The number of carbonyl (C=O) groups excluding carboxylic acids is 1. The van der Waals surface area contributed by atoms with Gasteiger partial charge in [-0.2, -0.15) is 17.9 Å². The highest BCUT2D eigenvalue weighted by Crippen LogP contribution is 2.32. The average molecular weight is 698 g/mol. The lowest BCUT2D eigenvalue weighted by Gasteiger charge is -2.30. The molecule has 15 heteroatoms. The number of methoxy groups -OCH3 is 2. The number of amides is 1. The summed E-state index contributed by atoms with van der Waals surface area (Å²) in [5, 5.41) is 11.8. The van der Waals surface area contributed by atoms with E-state index in [1.807, 2.05) is 12.1 Å². The lowest BCUT2D eigenvalue weighted by Crippen LogP contribution is -2.36. The zero-order chi connectivity index (χ0) is 33.9. The van der Waals surface area contributed by atoms with Gasteiger partial charge in [0.05, 0.1) is 38.0 Å². The van der Waals surface area contributed by atoms with Gasteiger partial charge in [-0.3, -0.25) is 4.79 Å². The molecule has 0 aliphatic carbocycles. The van der Waals surface area contributed by atoms with Crippen LogP contribution in [0.4, 0.5) is 10.8 Å². The number of benzene rings is 3. The van der Waals surface area contributed by atoms with E-state index in [1.165, 1.54) is 26.7 Å². The topological polar surface area (TPSA) is 141 Å². The summed E-state index contributed by atoms with van der Waals surface area (Å²) in [6.45, 7) is 8.60. The quantitative estimate of drug-likeness (QED) is 0.157. The van der Waals surface area contributed by atoms with Gasteiger partial charge in [0.1, 0.15) is 17.8 Å². The standard InChI is InChI=1S/C32H36ClN7O5S2/c1-20(32(2,3)4)38-27-14-23(33)12-10-21(27)16-34-30(41)25-8-7-9-28-26(25)17-36-40(28)47(42,43)39(31-35-19-37-46-31)18-22-11-13-24(44-5)15-29(22)45-6/h7-15,17,19-20,38H,16,18H2,1-6H3,(H,34,41). The van der Waals surface area contributed by atoms with Crippen LogP contribution in [0.1, 0.15) is 49.2 Å². The minimum atomic E-state index is -4.37. The van der Waals surface area contributed by atoms with E-state index in [2.05, 4.69) is 52.8 Å². The van der Waals surface area contributed by atoms with Gasteiger partial charge in [0.25, 0.3) is 5.91 Å². The predicted octanol–water partition coefficient (Wildman–Crippen LogP) is 6.13. The largest absolute Gasteiger partial charge is 0.497 e. The Morgan fingerprint density at radius 3 is 2.53 bits per heavy atom. The summed E-state index contributed by atoms with van der Waals surface area (Å²) >= 11 is 7.22. The first-order chi connectivity index (χ1) is 22.3. The third-order valence-corrected chi connectivity index (χ3v) is 10.5. The van der Waals surface area contributed by atoms with Crippen LogP contribution >= 0.6 is 23.1 Å². The maximum atomic E-state index is 14.2. The number of carbonyl (C=O) groups is 1. The summed E-state index contributed by atoms with van der Waals surface area (Å²) in [7, 11) is -1.35. The molecule has 5 rings (SSSR count). The second kappa shape index (κ2) is 13.8. The molecule has 12 nitrogen and oxygen atoms in total. The number of hydrogen-bond donors (Lipinski definition) is 2. The Kier molecular flexibility index (Phi) is 9.94. The first kappa shape index (κ1) is 33.9. The summed E-state index contributed by atoms with van der Waals surface area (Å²) in [6.07, 6.45) is 2.65. The maximum absolute atomic E-state index is 14.2. The lowest BCUT2D eigenvalue weighted by atomic mass is 9.88. The number of anilines is 2. The van der Waals surface area contributed by atoms with Gasteiger partial charge < -0.3 is 20.1 Å². The first-order valence-electron chi connectivity index (χ1n) is 14.6. The Morgan fingerprint density at radius 2 is 1.85 bits per heavy atom. The van der Waals surface area contributed by atoms with Crippen molar-refractivity contribution in [2.24, 2.45) is 5.41 Å². The van der Waals surface area contributed by atoms with E-state index < -0.39 is 10.2 Å². The number of rotatable bonds is 12. The van der Waals surface area contributed by atoms with Crippen molar-refractivity contribution in [3.63, 3.8) is 0 Å². The van der Waals surface area contributed by atoms with Crippen LogP contribution in [0, 0.1) is 5.41 Å². The number of aromatic nitrogens is 4. The summed E-state index contributed by atoms with van der Waals surface area (Å²) in [4.78, 5) is 17.7. The summed E-state index contributed by atoms with van der Waals surface area (Å²) in [5.41, 5.74) is 2.73. The number of halogens is 1. The molecule has 2 aromatic heterocycles. The molecule has 0 radical (unpaired) electrons. The van der Waals surface area contributed by atoms with Crippen LogP contribution in [-0.2, 0) is 23.3 Å². The summed E-state index contributed by atoms with van der Waals surface area (Å²) in [6, 6.07) is 15.6. The normalized spacial score (nSPS) is 12.5. The molecule has 0 saturated carbocycles. The van der Waals surface area contributed by atoms with E-state index in [-0.39, 0.29) is 46.7 Å². The van der Waals surface area contributed by atoms with Gasteiger partial charge >= 0.3 is 10.2 Å². The second-order valence-electron chi connectivity index (χ2n) is 11.9. The molecule has 5 aromatic rings. The smallest absolute Gasteiger partial charge is 0.348 e. The molecule has 248 valence electrons. The molecular formula is C32H36ClN7O5S2. The van der Waals surface area contributed by atoms with Crippen molar-refractivity contribution in [1.82, 2.24) is 23.9 Å². The van der Waals surface area contributed by atoms with Gasteiger partial charge in [0, 0.05) is 51.8 Å². The summed E-state index contributed by atoms with van der Waals surface area (Å²) in [5.74, 6) is 0.606. The van der Waals surface area contributed by atoms with Crippen LogP contribution in [0.25, 0.3) is 10.9 Å². The molecule has 47 heavy (non-hydrogen) atoms. The van der Waals surface area contributed by atoms with Crippen molar-refractivity contribution in [3.05, 3.63) is 88.8 Å². The van der Waals surface area contributed by atoms with Crippen LogP contribution in [0.15, 0.2) is 67.1 Å². The fraction of sp³-hybridized carbons (Fsp3) is 0.312. The van der Waals surface area contributed by atoms with Gasteiger partial charge in [0.2, 0.25) is 5.13 Å². The Balaban J connectivity index is 1.44. The van der Waals surface area contributed by atoms with Crippen LogP contribution in [0.5, 0.6) is 11.5 Å². The zero-order valence-electron chi connectivity index (χ0n) is 26.8. The first-order valence-corrected chi connectivity index (χ1v) is 17.2. The van der Waals surface area contributed by atoms with Crippen molar-refractivity contribution in [2.45, 2.75) is 46.8 Å². The molecule has 0 aliphatic heterocycles. The van der Waals surface area contributed by atoms with Crippen molar-refractivity contribution in [3.8, 4) is 11.5 Å². The van der Waals surface area contributed by atoms with Crippen LogP contribution in [-0.4, -0.2) is 53.1 Å². The van der Waals surface area contributed by atoms with Crippen LogP contribution < -0.4 is 24.4 Å².